The summed E-state index contributed by atoms with van der Waals surface area (Å²) < 4.78 is 50.9. The summed E-state index contributed by atoms with van der Waals surface area (Å²) in [6.07, 6.45) is -2.59. The Balaban J connectivity index is 2.35. The Labute approximate surface area is 112 Å². The Kier molecular flexibility index (Phi) is 3.85. The molecule has 100 valence electrons. The van der Waals surface area contributed by atoms with Crippen molar-refractivity contribution in [2.24, 2.45) is 0 Å². The van der Waals surface area contributed by atoms with Gasteiger partial charge in [0, 0.05) is 4.90 Å². The molecule has 0 aliphatic heterocycles. The summed E-state index contributed by atoms with van der Waals surface area (Å²) in [5.41, 5.74) is 0.404. The van der Waals surface area contributed by atoms with E-state index in [0.29, 0.717) is 16.0 Å². The zero-order valence-corrected chi connectivity index (χ0v) is 10.8. The number of halogens is 4. The highest BCUT2D eigenvalue weighted by atomic mass is 32.2. The summed E-state index contributed by atoms with van der Waals surface area (Å²) in [5.74, 6) is -0.370. The van der Waals surface area contributed by atoms with Gasteiger partial charge < -0.3 is 0 Å². The zero-order chi connectivity index (χ0) is 14.0. The average molecular weight is 286 g/mol. The minimum atomic E-state index is -4.35. The maximum absolute atomic E-state index is 13.6. The third kappa shape index (κ3) is 3.10. The summed E-state index contributed by atoms with van der Waals surface area (Å²) in [6.45, 7) is 0. The highest BCUT2D eigenvalue weighted by molar-refractivity contribution is 7.98. The first kappa shape index (κ1) is 13.9. The van der Waals surface area contributed by atoms with Crippen LogP contribution in [0.3, 0.4) is 0 Å². The number of rotatable bonds is 2. The lowest BCUT2D eigenvalue weighted by Crippen LogP contribution is -2.03. The molecule has 0 aliphatic carbocycles. The molecule has 2 rings (SSSR count). The maximum atomic E-state index is 13.6. The molecule has 0 atom stereocenters. The highest BCUT2D eigenvalue weighted by Crippen LogP contribution is 2.31. The lowest BCUT2D eigenvalue weighted by atomic mass is 10.0. The largest absolute Gasteiger partial charge is 0.416 e. The molecule has 0 saturated carbocycles. The van der Waals surface area contributed by atoms with Gasteiger partial charge in [-0.3, -0.25) is 0 Å². The first-order valence-corrected chi connectivity index (χ1v) is 6.65. The smallest absolute Gasteiger partial charge is 0.206 e. The van der Waals surface area contributed by atoms with Crippen LogP contribution in [0.1, 0.15) is 5.56 Å². The molecular formula is C14H10F4S. The van der Waals surface area contributed by atoms with E-state index in [2.05, 4.69) is 0 Å². The molecule has 2 aromatic rings. The Morgan fingerprint density at radius 1 is 0.895 bits per heavy atom. The molecule has 0 heterocycles. The normalized spacial score (nSPS) is 11.6. The van der Waals surface area contributed by atoms with Crippen molar-refractivity contribution in [2.75, 3.05) is 6.26 Å². The fourth-order valence-electron chi connectivity index (χ4n) is 1.70. The number of thioether (sulfide) groups is 1. The molecule has 0 nitrogen and oxygen atoms in total. The number of hydrogen-bond acceptors (Lipinski definition) is 1. The molecule has 2 aromatic carbocycles. The second-order valence-electron chi connectivity index (χ2n) is 3.92. The van der Waals surface area contributed by atoms with Crippen LogP contribution in [0.5, 0.6) is 0 Å². The molecule has 0 bridgehead atoms. The van der Waals surface area contributed by atoms with E-state index in [1.165, 1.54) is 30.0 Å². The Morgan fingerprint density at radius 2 is 1.47 bits per heavy atom. The van der Waals surface area contributed by atoms with Crippen molar-refractivity contribution in [2.45, 2.75) is 11.1 Å². The average Bonchev–Trinajstić information content (AvgIpc) is 2.38. The molecule has 0 amide bonds. The molecule has 0 fully saturated rings. The van der Waals surface area contributed by atoms with Gasteiger partial charge in [0.2, 0.25) is 0 Å². The van der Waals surface area contributed by atoms with Crippen molar-refractivity contribution in [3.05, 3.63) is 53.8 Å². The van der Waals surface area contributed by atoms with Gasteiger partial charge >= 0.3 is 6.18 Å². The van der Waals surface area contributed by atoms with Crippen LogP contribution in [-0.4, -0.2) is 6.26 Å². The van der Waals surface area contributed by atoms with E-state index in [1.54, 1.807) is 18.4 Å². The second-order valence-corrected chi connectivity index (χ2v) is 4.77. The van der Waals surface area contributed by atoms with Crippen LogP contribution in [0.4, 0.5) is 17.6 Å². The predicted octanol–water partition coefficient (Wildman–Crippen LogP) is 5.23. The number of hydrogen-bond donors (Lipinski definition) is 0. The molecule has 0 unspecified atom stereocenters. The van der Waals surface area contributed by atoms with Gasteiger partial charge in [-0.25, -0.2) is 4.39 Å². The monoisotopic (exact) mass is 286 g/mol. The van der Waals surface area contributed by atoms with Crippen molar-refractivity contribution < 1.29 is 17.6 Å². The Bertz CT molecular complexity index is 573. The zero-order valence-electron chi connectivity index (χ0n) is 9.96. The molecular weight excluding hydrogens is 276 g/mol. The van der Waals surface area contributed by atoms with Crippen molar-refractivity contribution >= 4 is 11.8 Å². The van der Waals surface area contributed by atoms with E-state index in [1.807, 2.05) is 0 Å². The summed E-state index contributed by atoms with van der Waals surface area (Å²) in [4.78, 5) is 0.510. The standard InChI is InChI=1S/C14H10F4S/c1-19-13-7-4-10(8-12(13)15)9-2-5-11(6-3-9)14(16,17)18/h2-8H,1H3. The van der Waals surface area contributed by atoms with Crippen molar-refractivity contribution in [3.63, 3.8) is 0 Å². The van der Waals surface area contributed by atoms with E-state index in [4.69, 9.17) is 0 Å². The van der Waals surface area contributed by atoms with Gasteiger partial charge in [0.05, 0.1) is 5.56 Å². The summed E-state index contributed by atoms with van der Waals surface area (Å²) >= 11 is 1.28. The lowest BCUT2D eigenvalue weighted by molar-refractivity contribution is -0.137. The van der Waals surface area contributed by atoms with E-state index in [-0.39, 0.29) is 5.82 Å². The van der Waals surface area contributed by atoms with E-state index >= 15 is 0 Å². The minimum absolute atomic E-state index is 0.370. The molecule has 0 N–H and O–H groups in total. The van der Waals surface area contributed by atoms with E-state index < -0.39 is 11.7 Å². The summed E-state index contributed by atoms with van der Waals surface area (Å²) in [6, 6.07) is 9.32. The minimum Gasteiger partial charge on any atom is -0.206 e. The van der Waals surface area contributed by atoms with Crippen molar-refractivity contribution in [1.29, 1.82) is 0 Å². The van der Waals surface area contributed by atoms with E-state index in [9.17, 15) is 17.6 Å². The molecule has 0 spiro atoms. The Hall–Kier alpha value is -1.49. The fraction of sp³-hybridized carbons (Fsp3) is 0.143. The van der Waals surface area contributed by atoms with Crippen LogP contribution in [0.25, 0.3) is 11.1 Å². The third-order valence-corrected chi connectivity index (χ3v) is 3.47. The topological polar surface area (TPSA) is 0 Å². The van der Waals surface area contributed by atoms with Crippen LogP contribution in [0.2, 0.25) is 0 Å². The third-order valence-electron chi connectivity index (χ3n) is 2.70. The van der Waals surface area contributed by atoms with Gasteiger partial charge in [0.1, 0.15) is 5.82 Å². The van der Waals surface area contributed by atoms with Gasteiger partial charge in [0.25, 0.3) is 0 Å². The van der Waals surface area contributed by atoms with Crippen molar-refractivity contribution in [1.82, 2.24) is 0 Å². The van der Waals surface area contributed by atoms with Gasteiger partial charge in [0.15, 0.2) is 0 Å². The quantitative estimate of drug-likeness (QED) is 0.538. The fourth-order valence-corrected chi connectivity index (χ4v) is 2.16. The van der Waals surface area contributed by atoms with Gasteiger partial charge in [-0.1, -0.05) is 18.2 Å². The predicted molar refractivity (Wildman–Crippen MR) is 68.6 cm³/mol. The summed E-state index contributed by atoms with van der Waals surface area (Å²) in [5, 5.41) is 0. The molecule has 5 heteroatoms. The Morgan fingerprint density at radius 3 is 1.95 bits per heavy atom. The van der Waals surface area contributed by atoms with Crippen molar-refractivity contribution in [3.8, 4) is 11.1 Å². The van der Waals surface area contributed by atoms with Crippen LogP contribution < -0.4 is 0 Å². The van der Waals surface area contributed by atoms with Crippen LogP contribution in [0.15, 0.2) is 47.4 Å². The van der Waals surface area contributed by atoms with Crippen LogP contribution in [-0.2, 0) is 6.18 Å². The van der Waals surface area contributed by atoms with E-state index in [0.717, 1.165) is 12.1 Å². The first-order valence-electron chi connectivity index (χ1n) is 5.43. The lowest BCUT2D eigenvalue weighted by Gasteiger charge is -2.08. The number of benzene rings is 2. The molecule has 0 radical (unpaired) electrons. The van der Waals surface area contributed by atoms with Gasteiger partial charge in [-0.2, -0.15) is 13.2 Å². The number of alkyl halides is 3. The van der Waals surface area contributed by atoms with Crippen LogP contribution >= 0.6 is 11.8 Å². The van der Waals surface area contributed by atoms with Gasteiger partial charge in [-0.15, -0.1) is 11.8 Å². The molecule has 0 aliphatic rings. The highest BCUT2D eigenvalue weighted by Gasteiger charge is 2.29. The molecule has 0 aromatic heterocycles. The van der Waals surface area contributed by atoms with Crippen LogP contribution in [0, 0.1) is 5.82 Å². The van der Waals surface area contributed by atoms with Gasteiger partial charge in [-0.05, 0) is 41.6 Å². The molecule has 19 heavy (non-hydrogen) atoms. The SMILES string of the molecule is CSc1ccc(-c2ccc(C(F)(F)F)cc2)cc1F. The maximum Gasteiger partial charge on any atom is 0.416 e. The second kappa shape index (κ2) is 5.25. The molecule has 0 saturated heterocycles. The first-order chi connectivity index (χ1) is 8.91. The summed E-state index contributed by atoms with van der Waals surface area (Å²) in [7, 11) is 0.